The Morgan fingerprint density at radius 3 is 1.98 bits per heavy atom. The van der Waals surface area contributed by atoms with E-state index in [1.807, 2.05) is 37.3 Å². The molecule has 5 atom stereocenters. The number of hydrogen-bond acceptors (Lipinski definition) is 8. The zero-order chi connectivity index (χ0) is 30.6. The molecule has 1 fully saturated rings. The summed E-state index contributed by atoms with van der Waals surface area (Å²) in [7, 11) is 1.47. The lowest BCUT2D eigenvalue weighted by Gasteiger charge is -2.44. The van der Waals surface area contributed by atoms with Crippen molar-refractivity contribution in [2.24, 2.45) is 0 Å². The van der Waals surface area contributed by atoms with Crippen LogP contribution in [0.3, 0.4) is 0 Å². The summed E-state index contributed by atoms with van der Waals surface area (Å²) in [5.74, 6) is 0. The molecule has 1 saturated heterocycles. The number of hydrogen-bond donors (Lipinski definition) is 2. The molecule has 3 aromatic rings. The first-order chi connectivity index (χ1) is 20.9. The van der Waals surface area contributed by atoms with Crippen LogP contribution in [0.15, 0.2) is 78.9 Å². The van der Waals surface area contributed by atoms with Gasteiger partial charge in [-0.05, 0) is 60.5 Å². The molecule has 43 heavy (non-hydrogen) atoms. The fourth-order valence-electron chi connectivity index (χ4n) is 4.38. The van der Waals surface area contributed by atoms with E-state index in [4.69, 9.17) is 51.6 Å². The number of nitrogens with one attached hydrogen (secondary N) is 2. The molecule has 1 heterocycles. The standard InChI is InChI=1S/C31H34Cl2N2O8/c1-3-17-39-27-26(43-31(37)35-24-15-11-22(33)12-16-24)25(19-41-30(36)34-23-13-9-21(32)10-14-23)42-29(38-2)28(27)40-18-20-7-5-4-6-8-20/h4-16,25-29H,3,17-19H2,1-2H3,(H,34,36)(H,35,37)/t25-,26-,27+,28-,29+/m1/s1. The minimum atomic E-state index is -1.05. The lowest BCUT2D eigenvalue weighted by molar-refractivity contribution is -0.310. The summed E-state index contributed by atoms with van der Waals surface area (Å²) in [5.41, 5.74) is 1.88. The maximum atomic E-state index is 13.1. The number of anilines is 2. The summed E-state index contributed by atoms with van der Waals surface area (Å²) in [5, 5.41) is 6.35. The van der Waals surface area contributed by atoms with Crippen LogP contribution in [0.4, 0.5) is 21.0 Å². The van der Waals surface area contributed by atoms with E-state index >= 15 is 0 Å². The molecule has 0 saturated carbocycles. The molecule has 0 aromatic heterocycles. The molecule has 0 spiro atoms. The van der Waals surface area contributed by atoms with Crippen molar-refractivity contribution in [1.82, 2.24) is 0 Å². The van der Waals surface area contributed by atoms with Crippen LogP contribution >= 0.6 is 23.2 Å². The van der Waals surface area contributed by atoms with E-state index in [1.165, 1.54) is 7.11 Å². The lowest BCUT2D eigenvalue weighted by Crippen LogP contribution is -2.62. The summed E-state index contributed by atoms with van der Waals surface area (Å²) in [6.07, 6.45) is -5.36. The molecule has 4 rings (SSSR count). The number of carbonyl (C=O) groups excluding carboxylic acids is 2. The molecule has 0 radical (unpaired) electrons. The van der Waals surface area contributed by atoms with Crippen molar-refractivity contribution >= 4 is 46.8 Å². The summed E-state index contributed by atoms with van der Waals surface area (Å²) < 4.78 is 35.7. The minimum Gasteiger partial charge on any atom is -0.446 e. The molecule has 1 aliphatic rings. The van der Waals surface area contributed by atoms with Crippen molar-refractivity contribution in [2.45, 2.75) is 50.7 Å². The van der Waals surface area contributed by atoms with Crippen molar-refractivity contribution in [3.05, 3.63) is 94.5 Å². The molecule has 0 unspecified atom stereocenters. The Hall–Kier alpha value is -3.38. The molecular weight excluding hydrogens is 599 g/mol. The van der Waals surface area contributed by atoms with Gasteiger partial charge in [-0.3, -0.25) is 10.6 Å². The number of amides is 2. The molecule has 0 bridgehead atoms. The second kappa shape index (κ2) is 16.5. The topological polar surface area (TPSA) is 114 Å². The second-order valence-corrected chi connectivity index (χ2v) is 10.5. The van der Waals surface area contributed by atoms with Crippen molar-refractivity contribution in [1.29, 1.82) is 0 Å². The van der Waals surface area contributed by atoms with Gasteiger partial charge in [0.2, 0.25) is 0 Å². The first-order valence-electron chi connectivity index (χ1n) is 13.7. The Balaban J connectivity index is 1.54. The predicted octanol–water partition coefficient (Wildman–Crippen LogP) is 6.91. The molecule has 1 aliphatic heterocycles. The first kappa shape index (κ1) is 32.5. The monoisotopic (exact) mass is 632 g/mol. The normalized spacial score (nSPS) is 21.5. The van der Waals surface area contributed by atoms with E-state index in [2.05, 4.69) is 10.6 Å². The molecule has 2 amide bonds. The van der Waals surface area contributed by atoms with Crippen LogP contribution in [0.5, 0.6) is 0 Å². The first-order valence-corrected chi connectivity index (χ1v) is 14.5. The minimum absolute atomic E-state index is 0.231. The van der Waals surface area contributed by atoms with E-state index in [0.29, 0.717) is 34.4 Å². The Morgan fingerprint density at radius 2 is 1.40 bits per heavy atom. The largest absolute Gasteiger partial charge is 0.446 e. The second-order valence-electron chi connectivity index (χ2n) is 9.61. The summed E-state index contributed by atoms with van der Waals surface area (Å²) in [6, 6.07) is 22.7. The SMILES string of the molecule is CCCO[C@@H]1[C@@H](OCc2ccccc2)[C@@H](OC)O[C@H](COC(=O)Nc2ccc(Cl)cc2)[C@H]1OC(=O)Nc1ccc(Cl)cc1. The van der Waals surface area contributed by atoms with Gasteiger partial charge < -0.3 is 28.4 Å². The van der Waals surface area contributed by atoms with Gasteiger partial charge in [-0.25, -0.2) is 9.59 Å². The summed E-state index contributed by atoms with van der Waals surface area (Å²) in [4.78, 5) is 25.7. The highest BCUT2D eigenvalue weighted by atomic mass is 35.5. The van der Waals surface area contributed by atoms with E-state index in [0.717, 1.165) is 5.56 Å². The fourth-order valence-corrected chi connectivity index (χ4v) is 4.63. The third-order valence-electron chi connectivity index (χ3n) is 6.43. The smallest absolute Gasteiger partial charge is 0.412 e. The molecular formula is C31H34Cl2N2O8. The Bertz CT molecular complexity index is 1300. The molecule has 2 N–H and O–H groups in total. The third-order valence-corrected chi connectivity index (χ3v) is 6.93. The van der Waals surface area contributed by atoms with Crippen LogP contribution in [0.2, 0.25) is 10.0 Å². The highest BCUT2D eigenvalue weighted by molar-refractivity contribution is 6.30. The fraction of sp³-hybridized carbons (Fsp3) is 0.355. The Labute approximate surface area is 260 Å². The van der Waals surface area contributed by atoms with Crippen LogP contribution in [0.1, 0.15) is 18.9 Å². The van der Waals surface area contributed by atoms with Gasteiger partial charge in [0.25, 0.3) is 0 Å². The highest BCUT2D eigenvalue weighted by Gasteiger charge is 2.50. The van der Waals surface area contributed by atoms with Crippen molar-refractivity contribution in [2.75, 3.05) is 31.0 Å². The van der Waals surface area contributed by atoms with Gasteiger partial charge in [0, 0.05) is 35.1 Å². The quantitative estimate of drug-likeness (QED) is 0.221. The van der Waals surface area contributed by atoms with E-state index in [1.54, 1.807) is 48.5 Å². The molecule has 12 heteroatoms. The van der Waals surface area contributed by atoms with Crippen LogP contribution in [-0.2, 0) is 35.0 Å². The van der Waals surface area contributed by atoms with Crippen LogP contribution in [0, 0.1) is 0 Å². The maximum absolute atomic E-state index is 13.1. The van der Waals surface area contributed by atoms with E-state index < -0.39 is 42.9 Å². The number of methoxy groups -OCH3 is 1. The van der Waals surface area contributed by atoms with Crippen LogP contribution in [-0.4, -0.2) is 63.2 Å². The van der Waals surface area contributed by atoms with Crippen LogP contribution in [0.25, 0.3) is 0 Å². The van der Waals surface area contributed by atoms with Gasteiger partial charge in [0.05, 0.1) is 6.61 Å². The van der Waals surface area contributed by atoms with Gasteiger partial charge in [0.15, 0.2) is 12.4 Å². The predicted molar refractivity (Wildman–Crippen MR) is 162 cm³/mol. The highest BCUT2D eigenvalue weighted by Crippen LogP contribution is 2.30. The van der Waals surface area contributed by atoms with E-state index in [-0.39, 0.29) is 13.2 Å². The summed E-state index contributed by atoms with van der Waals surface area (Å²) in [6.45, 7) is 2.25. The average molecular weight is 634 g/mol. The Morgan fingerprint density at radius 1 is 0.791 bits per heavy atom. The number of benzene rings is 3. The van der Waals surface area contributed by atoms with Crippen molar-refractivity contribution in [3.8, 4) is 0 Å². The molecule has 10 nitrogen and oxygen atoms in total. The van der Waals surface area contributed by atoms with Gasteiger partial charge in [-0.15, -0.1) is 0 Å². The molecule has 0 aliphatic carbocycles. The number of ether oxygens (including phenoxy) is 6. The van der Waals surface area contributed by atoms with Gasteiger partial charge in [0.1, 0.15) is 24.9 Å². The van der Waals surface area contributed by atoms with Crippen LogP contribution < -0.4 is 10.6 Å². The zero-order valence-corrected chi connectivity index (χ0v) is 25.3. The van der Waals surface area contributed by atoms with Crippen molar-refractivity contribution in [3.63, 3.8) is 0 Å². The lowest BCUT2D eigenvalue weighted by atomic mass is 9.98. The number of carbonyl (C=O) groups is 2. The maximum Gasteiger partial charge on any atom is 0.412 e. The Kier molecular flexibility index (Phi) is 12.5. The average Bonchev–Trinajstić information content (AvgIpc) is 3.01. The molecule has 230 valence electrons. The van der Waals surface area contributed by atoms with Crippen molar-refractivity contribution < 1.29 is 38.0 Å². The number of rotatable bonds is 12. The zero-order valence-electron chi connectivity index (χ0n) is 23.7. The summed E-state index contributed by atoms with van der Waals surface area (Å²) >= 11 is 11.9. The van der Waals surface area contributed by atoms with Gasteiger partial charge >= 0.3 is 12.2 Å². The van der Waals surface area contributed by atoms with E-state index in [9.17, 15) is 9.59 Å². The molecule has 3 aromatic carbocycles. The third kappa shape index (κ3) is 9.82. The number of halogens is 2. The van der Waals surface area contributed by atoms with Gasteiger partial charge in [-0.1, -0.05) is 60.5 Å². The van der Waals surface area contributed by atoms with Gasteiger partial charge in [-0.2, -0.15) is 0 Å².